The lowest BCUT2D eigenvalue weighted by Crippen LogP contribution is -2.11. The predicted molar refractivity (Wildman–Crippen MR) is 63.4 cm³/mol. The molecule has 0 aliphatic heterocycles. The van der Waals surface area contributed by atoms with Crippen LogP contribution < -0.4 is 11.5 Å². The van der Waals surface area contributed by atoms with Gasteiger partial charge in [-0.3, -0.25) is 10.1 Å². The predicted octanol–water partition coefficient (Wildman–Crippen LogP) is 1.82. The first-order chi connectivity index (χ1) is 6.65. The lowest BCUT2D eigenvalue weighted by Gasteiger charge is -2.07. The molecular weight excluding hydrogens is 238 g/mol. The van der Waals surface area contributed by atoms with Crippen LogP contribution in [-0.4, -0.2) is 11.5 Å². The molecule has 0 aliphatic carbocycles. The van der Waals surface area contributed by atoms with Crippen molar-refractivity contribution in [3.63, 3.8) is 0 Å². The van der Waals surface area contributed by atoms with E-state index in [9.17, 15) is 10.1 Å². The fourth-order valence-electron chi connectivity index (χ4n) is 1.13. The third-order valence-electron chi connectivity index (χ3n) is 1.93. The Morgan fingerprint density at radius 2 is 2.27 bits per heavy atom. The summed E-state index contributed by atoms with van der Waals surface area (Å²) in [5, 5.41) is 12.3. The van der Waals surface area contributed by atoms with E-state index in [1.165, 1.54) is 6.07 Å². The quantitative estimate of drug-likeness (QED) is 0.616. The van der Waals surface area contributed by atoms with E-state index in [-0.39, 0.29) is 23.4 Å². The fraction of sp³-hybridized carbons (Fsp3) is 0.500. The molecule has 0 saturated carbocycles. The Kier molecular flexibility index (Phi) is 6.42. The third-order valence-corrected chi connectivity index (χ3v) is 2.83. The highest BCUT2D eigenvalue weighted by molar-refractivity contribution is 7.13. The zero-order chi connectivity index (χ0) is 10.6. The van der Waals surface area contributed by atoms with Crippen LogP contribution in [0.2, 0.25) is 0 Å². The van der Waals surface area contributed by atoms with Crippen molar-refractivity contribution in [3.05, 3.63) is 27.1 Å². The van der Waals surface area contributed by atoms with Crippen molar-refractivity contribution in [3.8, 4) is 0 Å². The molecule has 1 rings (SSSR count). The highest BCUT2D eigenvalue weighted by Gasteiger charge is 2.13. The summed E-state index contributed by atoms with van der Waals surface area (Å²) >= 11 is 1.11. The first kappa shape index (κ1) is 14.3. The van der Waals surface area contributed by atoms with Crippen molar-refractivity contribution in [1.29, 1.82) is 0 Å². The summed E-state index contributed by atoms with van der Waals surface area (Å²) in [6.45, 7) is 0.597. The van der Waals surface area contributed by atoms with Crippen molar-refractivity contribution in [1.82, 2.24) is 0 Å². The normalized spacial score (nSPS) is 11.9. The van der Waals surface area contributed by atoms with Gasteiger partial charge in [-0.15, -0.1) is 12.4 Å². The maximum atomic E-state index is 10.4. The fourth-order valence-corrected chi connectivity index (χ4v) is 1.92. The van der Waals surface area contributed by atoms with E-state index in [1.807, 2.05) is 0 Å². The number of thiophene rings is 1. The second kappa shape index (κ2) is 6.73. The average Bonchev–Trinajstić information content (AvgIpc) is 2.62. The number of nitrogens with zero attached hydrogens (tertiary/aromatic N) is 1. The Labute approximate surface area is 98.0 Å². The van der Waals surface area contributed by atoms with E-state index >= 15 is 0 Å². The zero-order valence-electron chi connectivity index (χ0n) is 8.09. The van der Waals surface area contributed by atoms with E-state index < -0.39 is 4.92 Å². The molecule has 0 radical (unpaired) electrons. The van der Waals surface area contributed by atoms with E-state index in [0.717, 1.165) is 29.7 Å². The van der Waals surface area contributed by atoms with E-state index in [2.05, 4.69) is 0 Å². The Bertz CT molecular complexity index is 319. The Morgan fingerprint density at radius 1 is 1.60 bits per heavy atom. The van der Waals surface area contributed by atoms with Crippen LogP contribution in [0.15, 0.2) is 11.4 Å². The van der Waals surface area contributed by atoms with E-state index in [0.29, 0.717) is 6.54 Å². The van der Waals surface area contributed by atoms with Crippen LogP contribution in [0.3, 0.4) is 0 Å². The first-order valence-electron chi connectivity index (χ1n) is 4.33. The van der Waals surface area contributed by atoms with E-state index in [4.69, 9.17) is 11.5 Å². The smallest absolute Gasteiger partial charge is 0.324 e. The number of hydrogen-bond acceptors (Lipinski definition) is 5. The van der Waals surface area contributed by atoms with E-state index in [1.54, 1.807) is 5.38 Å². The molecule has 0 bridgehead atoms. The summed E-state index contributed by atoms with van der Waals surface area (Å²) in [5.41, 5.74) is 12.0. The molecule has 86 valence electrons. The summed E-state index contributed by atoms with van der Waals surface area (Å²) in [4.78, 5) is 10.0. The van der Waals surface area contributed by atoms with Crippen LogP contribution in [0.4, 0.5) is 5.00 Å². The molecule has 0 spiro atoms. The highest BCUT2D eigenvalue weighted by atomic mass is 35.5. The molecule has 5 nitrogen and oxygen atoms in total. The zero-order valence-corrected chi connectivity index (χ0v) is 9.72. The summed E-state index contributed by atoms with van der Waals surface area (Å²) < 4.78 is 0. The number of halogens is 1. The van der Waals surface area contributed by atoms with Gasteiger partial charge in [0.05, 0.1) is 4.92 Å². The number of rotatable bonds is 5. The minimum Gasteiger partial charge on any atom is -0.330 e. The van der Waals surface area contributed by atoms with Crippen LogP contribution in [0, 0.1) is 10.1 Å². The summed E-state index contributed by atoms with van der Waals surface area (Å²) in [7, 11) is 0. The minimum absolute atomic E-state index is 0. The minimum atomic E-state index is -0.399. The number of nitrogens with two attached hydrogens (primary N) is 2. The average molecular weight is 252 g/mol. The lowest BCUT2D eigenvalue weighted by molar-refractivity contribution is -0.380. The molecule has 0 unspecified atom stereocenters. The summed E-state index contributed by atoms with van der Waals surface area (Å²) in [6.07, 6.45) is 1.61. The molecule has 0 fully saturated rings. The largest absolute Gasteiger partial charge is 0.330 e. The van der Waals surface area contributed by atoms with Crippen molar-refractivity contribution in [2.45, 2.75) is 18.9 Å². The Morgan fingerprint density at radius 3 is 2.73 bits per heavy atom. The maximum Gasteiger partial charge on any atom is 0.324 e. The molecule has 1 atom stereocenters. The molecule has 1 aromatic heterocycles. The molecular formula is C8H14ClN3O2S. The molecule has 1 aromatic rings. The van der Waals surface area contributed by atoms with Gasteiger partial charge in [0, 0.05) is 17.5 Å². The third kappa shape index (κ3) is 4.13. The second-order valence-corrected chi connectivity index (χ2v) is 3.90. The highest BCUT2D eigenvalue weighted by Crippen LogP contribution is 2.27. The van der Waals surface area contributed by atoms with Crippen LogP contribution in [0.5, 0.6) is 0 Å². The summed E-state index contributed by atoms with van der Waals surface area (Å²) in [5.74, 6) is 0. The Balaban J connectivity index is 0.00000196. The number of hydrogen-bond donors (Lipinski definition) is 2. The van der Waals surface area contributed by atoms with Crippen LogP contribution in [-0.2, 0) is 0 Å². The van der Waals surface area contributed by atoms with Gasteiger partial charge in [0.15, 0.2) is 0 Å². The van der Waals surface area contributed by atoms with Crippen molar-refractivity contribution < 1.29 is 4.92 Å². The first-order valence-corrected chi connectivity index (χ1v) is 5.21. The molecule has 15 heavy (non-hydrogen) atoms. The van der Waals surface area contributed by atoms with Crippen molar-refractivity contribution >= 4 is 28.7 Å². The SMILES string of the molecule is Cl.NCCC[C@@H](N)c1csc([N+](=O)[O-])c1. The molecule has 7 heteroatoms. The van der Waals surface area contributed by atoms with Gasteiger partial charge in [-0.1, -0.05) is 11.3 Å². The topological polar surface area (TPSA) is 95.2 Å². The number of nitro groups is 1. The Hall–Kier alpha value is -0.690. The molecule has 1 heterocycles. The monoisotopic (exact) mass is 251 g/mol. The van der Waals surface area contributed by atoms with Gasteiger partial charge < -0.3 is 11.5 Å². The van der Waals surface area contributed by atoms with Gasteiger partial charge in [-0.2, -0.15) is 0 Å². The van der Waals surface area contributed by atoms with Crippen LogP contribution >= 0.6 is 23.7 Å². The second-order valence-electron chi connectivity index (χ2n) is 3.01. The maximum absolute atomic E-state index is 10.4. The van der Waals surface area contributed by atoms with Crippen LogP contribution in [0.25, 0.3) is 0 Å². The molecule has 0 amide bonds. The molecule has 0 aromatic carbocycles. The molecule has 0 aliphatic rings. The van der Waals surface area contributed by atoms with Gasteiger partial charge >= 0.3 is 5.00 Å². The van der Waals surface area contributed by atoms with Gasteiger partial charge in [0.25, 0.3) is 0 Å². The van der Waals surface area contributed by atoms with Gasteiger partial charge in [-0.25, -0.2) is 0 Å². The van der Waals surface area contributed by atoms with Crippen molar-refractivity contribution in [2.75, 3.05) is 6.54 Å². The molecule has 4 N–H and O–H groups in total. The molecule has 0 saturated heterocycles. The van der Waals surface area contributed by atoms with Gasteiger partial charge in [0.2, 0.25) is 0 Å². The summed E-state index contributed by atoms with van der Waals surface area (Å²) in [6, 6.07) is 1.40. The standard InChI is InChI=1S/C8H13N3O2S.ClH/c9-3-1-2-7(10)6-4-8(11(12)13)14-5-6;/h4-5,7H,1-3,9-10H2;1H/t7-;/m1./s1. The van der Waals surface area contributed by atoms with Crippen molar-refractivity contribution in [2.24, 2.45) is 11.5 Å². The lowest BCUT2D eigenvalue weighted by atomic mass is 10.1. The van der Waals surface area contributed by atoms with Gasteiger partial charge in [-0.05, 0) is 24.9 Å². The van der Waals surface area contributed by atoms with Crippen LogP contribution in [0.1, 0.15) is 24.4 Å². The van der Waals surface area contributed by atoms with Gasteiger partial charge in [0.1, 0.15) is 0 Å².